The van der Waals surface area contributed by atoms with Crippen LogP contribution >= 0.6 is 0 Å². The summed E-state index contributed by atoms with van der Waals surface area (Å²) in [5.74, 6) is -1.44. The minimum Gasteiger partial charge on any atom is -0.477 e. The number of allylic oxidation sites excluding steroid dienone is 2. The number of esters is 2. The number of aliphatic carboxylic acids is 1. The fourth-order valence-electron chi connectivity index (χ4n) is 9.33. The van der Waals surface area contributed by atoms with E-state index in [9.17, 15) is 19.5 Å². The number of unbranched alkanes of at least 4 members (excludes halogenated alkanes) is 39. The van der Waals surface area contributed by atoms with Crippen LogP contribution in [0, 0.1) is 0 Å². The van der Waals surface area contributed by atoms with E-state index in [1.54, 1.807) is 0 Å². The summed E-state index contributed by atoms with van der Waals surface area (Å²) in [4.78, 5) is 37.3. The Morgan fingerprint density at radius 2 is 0.735 bits per heavy atom. The Kier molecular flexibility index (Phi) is 50.0. The molecule has 0 saturated carbocycles. The van der Waals surface area contributed by atoms with Gasteiger partial charge in [0.1, 0.15) is 6.61 Å². The lowest BCUT2D eigenvalue weighted by Crippen LogP contribution is -2.50. The summed E-state index contributed by atoms with van der Waals surface area (Å²) in [6.45, 7) is 4.80. The lowest BCUT2D eigenvalue weighted by atomic mass is 10.0. The molecule has 0 amide bonds. The maximum atomic E-state index is 12.8. The van der Waals surface area contributed by atoms with Crippen LogP contribution < -0.4 is 0 Å². The molecule has 0 aliphatic rings. The molecule has 0 saturated heterocycles. The molecule has 0 spiro atoms. The third-order valence-electron chi connectivity index (χ3n) is 13.9. The molecule has 0 aromatic rings. The first-order chi connectivity index (χ1) is 33.1. The largest absolute Gasteiger partial charge is 0.477 e. The average Bonchev–Trinajstić information content (AvgIpc) is 3.30. The van der Waals surface area contributed by atoms with Crippen molar-refractivity contribution >= 4 is 17.9 Å². The van der Waals surface area contributed by atoms with E-state index in [0.29, 0.717) is 19.3 Å². The lowest BCUT2D eigenvalue weighted by Gasteiger charge is -2.31. The highest BCUT2D eigenvalue weighted by atomic mass is 16.6. The lowest BCUT2D eigenvalue weighted by molar-refractivity contribution is -0.887. The predicted octanol–water partition coefficient (Wildman–Crippen LogP) is 17.8. The number of rotatable bonds is 55. The second kappa shape index (κ2) is 51.4. The van der Waals surface area contributed by atoms with Crippen molar-refractivity contribution in [3.8, 4) is 0 Å². The zero-order valence-corrected chi connectivity index (χ0v) is 46.1. The highest BCUT2D eigenvalue weighted by Gasteiger charge is 2.31. The van der Waals surface area contributed by atoms with E-state index in [2.05, 4.69) is 26.0 Å². The summed E-state index contributed by atoms with van der Waals surface area (Å²) >= 11 is 0. The zero-order chi connectivity index (χ0) is 49.9. The second-order valence-electron chi connectivity index (χ2n) is 21.6. The van der Waals surface area contributed by atoms with E-state index in [0.717, 1.165) is 38.5 Å². The van der Waals surface area contributed by atoms with Crippen LogP contribution in [0.3, 0.4) is 0 Å². The number of carbonyl (C=O) groups excluding carboxylic acids is 2. The van der Waals surface area contributed by atoms with Gasteiger partial charge >= 0.3 is 17.9 Å². The second-order valence-corrected chi connectivity index (χ2v) is 21.6. The van der Waals surface area contributed by atoms with Gasteiger partial charge in [-0.15, -0.1) is 0 Å². The number of carbonyl (C=O) groups is 3. The summed E-state index contributed by atoms with van der Waals surface area (Å²) in [5, 5.41) is 9.68. The summed E-state index contributed by atoms with van der Waals surface area (Å²) in [7, 11) is 5.56. The van der Waals surface area contributed by atoms with Crippen molar-refractivity contribution in [3.63, 3.8) is 0 Å². The number of hydrogen-bond donors (Lipinski definition) is 1. The molecule has 0 rings (SSSR count). The third kappa shape index (κ3) is 49.1. The minimum atomic E-state index is -0.869. The molecule has 0 radical (unpaired) electrons. The molecule has 0 aliphatic heterocycles. The van der Waals surface area contributed by atoms with Gasteiger partial charge in [-0.05, 0) is 38.5 Å². The SMILES string of the molecule is CCCCCCCCCCCCC/C=C/CCCCCCCCCC(=O)OCC(COCCC(C(=O)O)[N+](C)(C)C)OC(=O)CCCCCCCCCCCCCCCCCCCCCCCC. The van der Waals surface area contributed by atoms with Crippen LogP contribution in [0.25, 0.3) is 0 Å². The highest BCUT2D eigenvalue weighted by molar-refractivity contribution is 5.72. The molecule has 1 N–H and O–H groups in total. The van der Waals surface area contributed by atoms with E-state index in [-0.39, 0.29) is 36.2 Å². The third-order valence-corrected chi connectivity index (χ3v) is 13.9. The van der Waals surface area contributed by atoms with Crippen LogP contribution in [0.1, 0.15) is 303 Å². The molecule has 402 valence electrons. The molecule has 2 atom stereocenters. The van der Waals surface area contributed by atoms with E-state index >= 15 is 0 Å². The molecule has 0 bridgehead atoms. The van der Waals surface area contributed by atoms with Gasteiger partial charge < -0.3 is 23.8 Å². The van der Waals surface area contributed by atoms with Crippen molar-refractivity contribution in [2.24, 2.45) is 0 Å². The Bertz CT molecular complexity index is 1120. The zero-order valence-electron chi connectivity index (χ0n) is 46.1. The molecule has 0 aliphatic carbocycles. The van der Waals surface area contributed by atoms with Crippen LogP contribution in [0.15, 0.2) is 12.2 Å². The fraction of sp³-hybridized carbons (Fsp3) is 0.917. The maximum absolute atomic E-state index is 12.8. The van der Waals surface area contributed by atoms with Gasteiger partial charge in [-0.1, -0.05) is 257 Å². The molecular formula is C60H116NO7+. The summed E-state index contributed by atoms with van der Waals surface area (Å²) in [5.41, 5.74) is 0. The first-order valence-corrected chi connectivity index (χ1v) is 29.7. The molecule has 0 aromatic heterocycles. The predicted molar refractivity (Wildman–Crippen MR) is 289 cm³/mol. The molecule has 0 aromatic carbocycles. The number of hydrogen-bond acceptors (Lipinski definition) is 6. The number of likely N-dealkylation sites (N-methyl/N-ethyl adjacent to an activating group) is 1. The Hall–Kier alpha value is -1.93. The van der Waals surface area contributed by atoms with Gasteiger partial charge in [0.15, 0.2) is 12.1 Å². The summed E-state index contributed by atoms with van der Waals surface area (Å²) in [6.07, 6.45) is 59.9. The first kappa shape index (κ1) is 66.1. The van der Waals surface area contributed by atoms with Crippen molar-refractivity contribution in [1.29, 1.82) is 0 Å². The number of nitrogens with zero attached hydrogens (tertiary/aromatic N) is 1. The standard InChI is InChI=1S/C60H115NO7/c1-6-8-10-12-14-16-18-20-22-24-26-28-30-32-34-36-38-40-42-44-46-48-50-58(62)67-55-56(54-66-53-52-57(60(64)65)61(3,4)5)68-59(63)51-49-47-45-43-41-39-37-35-33-31-29-27-25-23-21-19-17-15-13-11-9-7-2/h30,32,56-57H,6-29,31,33-55H2,1-5H3/p+1/b32-30+. The molecule has 0 fully saturated rings. The smallest absolute Gasteiger partial charge is 0.362 e. The van der Waals surface area contributed by atoms with Crippen molar-refractivity contribution in [2.75, 3.05) is 41.0 Å². The Labute approximate surface area is 422 Å². The van der Waals surface area contributed by atoms with Gasteiger partial charge in [-0.3, -0.25) is 9.59 Å². The molecule has 2 unspecified atom stereocenters. The van der Waals surface area contributed by atoms with Gasteiger partial charge in [0.25, 0.3) is 0 Å². The van der Waals surface area contributed by atoms with E-state index in [1.807, 2.05) is 21.1 Å². The number of carboxylic acids is 1. The average molecular weight is 964 g/mol. The normalized spacial score (nSPS) is 12.8. The minimum absolute atomic E-state index is 0.0463. The molecular weight excluding hydrogens is 847 g/mol. The fourth-order valence-corrected chi connectivity index (χ4v) is 9.33. The summed E-state index contributed by atoms with van der Waals surface area (Å²) in [6, 6.07) is -0.612. The van der Waals surface area contributed by atoms with Gasteiger partial charge in [0, 0.05) is 19.3 Å². The van der Waals surface area contributed by atoms with Crippen molar-refractivity contribution in [2.45, 2.75) is 315 Å². The quantitative estimate of drug-likeness (QED) is 0.0280. The van der Waals surface area contributed by atoms with Crippen molar-refractivity contribution < 1.29 is 38.2 Å². The van der Waals surface area contributed by atoms with Gasteiger partial charge in [-0.2, -0.15) is 0 Å². The van der Waals surface area contributed by atoms with E-state index in [1.165, 1.54) is 231 Å². The van der Waals surface area contributed by atoms with Crippen molar-refractivity contribution in [3.05, 3.63) is 12.2 Å². The highest BCUT2D eigenvalue weighted by Crippen LogP contribution is 2.18. The van der Waals surface area contributed by atoms with Crippen LogP contribution in [0.2, 0.25) is 0 Å². The van der Waals surface area contributed by atoms with Crippen LogP contribution in [-0.2, 0) is 28.6 Å². The Morgan fingerprint density at radius 1 is 0.426 bits per heavy atom. The van der Waals surface area contributed by atoms with Gasteiger partial charge in [0.2, 0.25) is 0 Å². The van der Waals surface area contributed by atoms with E-state index < -0.39 is 18.1 Å². The van der Waals surface area contributed by atoms with Crippen molar-refractivity contribution in [1.82, 2.24) is 0 Å². The summed E-state index contributed by atoms with van der Waals surface area (Å²) < 4.78 is 17.4. The number of quaternary nitrogens is 1. The molecule has 0 heterocycles. The molecule has 68 heavy (non-hydrogen) atoms. The maximum Gasteiger partial charge on any atom is 0.362 e. The Morgan fingerprint density at radius 3 is 1.06 bits per heavy atom. The number of carboxylic acid groups (broad SMARTS) is 1. The van der Waals surface area contributed by atoms with Gasteiger partial charge in [-0.25, -0.2) is 4.79 Å². The Balaban J connectivity index is 4.12. The monoisotopic (exact) mass is 963 g/mol. The first-order valence-electron chi connectivity index (χ1n) is 29.7. The van der Waals surface area contributed by atoms with Crippen LogP contribution in [-0.4, -0.2) is 80.6 Å². The van der Waals surface area contributed by atoms with E-state index in [4.69, 9.17) is 14.2 Å². The van der Waals surface area contributed by atoms with Crippen LogP contribution in [0.4, 0.5) is 0 Å². The van der Waals surface area contributed by atoms with Crippen LogP contribution in [0.5, 0.6) is 0 Å². The molecule has 8 heteroatoms. The topological polar surface area (TPSA) is 99.1 Å². The number of ether oxygens (including phenoxy) is 3. The van der Waals surface area contributed by atoms with Gasteiger partial charge in [0.05, 0.1) is 34.4 Å². The molecule has 8 nitrogen and oxygen atoms in total.